The van der Waals surface area contributed by atoms with Gasteiger partial charge in [-0.1, -0.05) is 0 Å². The molecular formula is C23H24N8O2. The van der Waals surface area contributed by atoms with Crippen molar-refractivity contribution in [2.24, 2.45) is 0 Å². The van der Waals surface area contributed by atoms with Gasteiger partial charge >= 0.3 is 0 Å². The molecule has 1 saturated heterocycles. The van der Waals surface area contributed by atoms with Crippen LogP contribution in [0.3, 0.4) is 0 Å². The molecule has 0 amide bonds. The van der Waals surface area contributed by atoms with Gasteiger partial charge in [0.25, 0.3) is 5.78 Å². The van der Waals surface area contributed by atoms with Crippen molar-refractivity contribution in [3.63, 3.8) is 0 Å². The molecular weight excluding hydrogens is 420 g/mol. The highest BCUT2D eigenvalue weighted by Crippen LogP contribution is 2.34. The van der Waals surface area contributed by atoms with E-state index in [4.69, 9.17) is 19.6 Å². The molecule has 3 aromatic heterocycles. The molecule has 0 unspecified atom stereocenters. The van der Waals surface area contributed by atoms with E-state index in [0.29, 0.717) is 30.6 Å². The lowest BCUT2D eigenvalue weighted by Crippen LogP contribution is -2.45. The van der Waals surface area contributed by atoms with Crippen molar-refractivity contribution in [3.8, 4) is 34.1 Å². The van der Waals surface area contributed by atoms with Crippen LogP contribution in [0.1, 0.15) is 5.69 Å². The van der Waals surface area contributed by atoms with Gasteiger partial charge in [0.05, 0.1) is 11.4 Å². The first-order chi connectivity index (χ1) is 16.2. The van der Waals surface area contributed by atoms with Crippen LogP contribution in [0.5, 0.6) is 11.5 Å². The Morgan fingerprint density at radius 3 is 2.58 bits per heavy atom. The third-order valence-electron chi connectivity index (χ3n) is 6.11. The number of benzene rings is 1. The van der Waals surface area contributed by atoms with Gasteiger partial charge in [0.1, 0.15) is 13.2 Å². The van der Waals surface area contributed by atoms with E-state index in [2.05, 4.69) is 31.8 Å². The van der Waals surface area contributed by atoms with Gasteiger partial charge in [-0.3, -0.25) is 0 Å². The minimum absolute atomic E-state index is 0.536. The van der Waals surface area contributed by atoms with Crippen LogP contribution in [0.25, 0.3) is 28.4 Å². The Balaban J connectivity index is 1.35. The molecule has 1 fully saturated rings. The van der Waals surface area contributed by atoms with Crippen LogP contribution in [-0.2, 0) is 0 Å². The highest BCUT2D eigenvalue weighted by molar-refractivity contribution is 5.66. The monoisotopic (exact) mass is 444 g/mol. The standard InChI is InChI=1S/C23H24N8O2/c1-15-17(18-5-6-24-22(26-18)30-9-7-29(2)8-10-30)14-25-23-27-21(28-31(15)23)16-3-4-19-20(13-16)33-12-11-32-19/h3-6,13-14H,7-12H2,1-2H3. The summed E-state index contributed by atoms with van der Waals surface area (Å²) in [5.41, 5.74) is 3.49. The van der Waals surface area contributed by atoms with Crippen molar-refractivity contribution in [2.75, 3.05) is 51.3 Å². The summed E-state index contributed by atoms with van der Waals surface area (Å²) in [6, 6.07) is 7.65. The summed E-state index contributed by atoms with van der Waals surface area (Å²) in [6.07, 6.45) is 3.62. The van der Waals surface area contributed by atoms with Gasteiger partial charge in [-0.2, -0.15) is 4.98 Å². The summed E-state index contributed by atoms with van der Waals surface area (Å²) in [5.74, 6) is 3.32. The Hall–Kier alpha value is -3.79. The number of aryl methyl sites for hydroxylation is 1. The Morgan fingerprint density at radius 1 is 0.909 bits per heavy atom. The molecule has 0 atom stereocenters. The Morgan fingerprint density at radius 2 is 1.73 bits per heavy atom. The summed E-state index contributed by atoms with van der Waals surface area (Å²) in [6.45, 7) is 6.93. The SMILES string of the molecule is Cc1c(-c2ccnc(N3CCN(C)CC3)n2)cnc2nc(-c3ccc4c(c3)OCCO4)nn12. The topological polar surface area (TPSA) is 93.8 Å². The van der Waals surface area contributed by atoms with Gasteiger partial charge in [0.2, 0.25) is 5.95 Å². The predicted octanol–water partition coefficient (Wildman–Crippen LogP) is 2.08. The van der Waals surface area contributed by atoms with Gasteiger partial charge in [0.15, 0.2) is 17.3 Å². The lowest BCUT2D eigenvalue weighted by molar-refractivity contribution is 0.171. The average molecular weight is 444 g/mol. The van der Waals surface area contributed by atoms with E-state index in [-0.39, 0.29) is 0 Å². The van der Waals surface area contributed by atoms with Crippen LogP contribution in [-0.4, -0.2) is 80.9 Å². The number of hydrogen-bond acceptors (Lipinski definition) is 9. The zero-order valence-corrected chi connectivity index (χ0v) is 18.6. The molecule has 0 saturated carbocycles. The molecule has 2 aliphatic heterocycles. The molecule has 0 bridgehead atoms. The first kappa shape index (κ1) is 19.9. The van der Waals surface area contributed by atoms with Crippen molar-refractivity contribution < 1.29 is 9.47 Å². The minimum atomic E-state index is 0.536. The normalized spacial score (nSPS) is 16.4. The second-order valence-corrected chi connectivity index (χ2v) is 8.30. The molecule has 6 rings (SSSR count). The van der Waals surface area contributed by atoms with Gasteiger partial charge < -0.3 is 19.3 Å². The number of aromatic nitrogens is 6. The molecule has 168 valence electrons. The van der Waals surface area contributed by atoms with Crippen LogP contribution in [0.15, 0.2) is 36.7 Å². The fourth-order valence-corrected chi connectivity index (χ4v) is 4.16. The summed E-state index contributed by atoms with van der Waals surface area (Å²) < 4.78 is 13.1. The highest BCUT2D eigenvalue weighted by atomic mass is 16.6. The summed E-state index contributed by atoms with van der Waals surface area (Å²) in [4.78, 5) is 23.1. The molecule has 1 aromatic carbocycles. The number of fused-ring (bicyclic) bond motifs is 2. The first-order valence-corrected chi connectivity index (χ1v) is 11.0. The second kappa shape index (κ2) is 7.96. The maximum atomic E-state index is 5.70. The van der Waals surface area contributed by atoms with E-state index < -0.39 is 0 Å². The zero-order valence-electron chi connectivity index (χ0n) is 18.6. The number of anilines is 1. The number of ether oxygens (including phenoxy) is 2. The molecule has 10 nitrogen and oxygen atoms in total. The molecule has 33 heavy (non-hydrogen) atoms. The Bertz CT molecular complexity index is 1330. The largest absolute Gasteiger partial charge is 0.486 e. The minimum Gasteiger partial charge on any atom is -0.486 e. The number of piperazine rings is 1. The maximum absolute atomic E-state index is 5.70. The third-order valence-corrected chi connectivity index (χ3v) is 6.11. The number of nitrogens with zero attached hydrogens (tertiary/aromatic N) is 8. The molecule has 0 N–H and O–H groups in total. The zero-order chi connectivity index (χ0) is 22.4. The fraction of sp³-hybridized carbons (Fsp3) is 0.348. The Kier molecular flexibility index (Phi) is 4.79. The number of hydrogen-bond donors (Lipinski definition) is 0. The molecule has 10 heteroatoms. The van der Waals surface area contributed by atoms with Crippen molar-refractivity contribution in [2.45, 2.75) is 6.92 Å². The van der Waals surface area contributed by atoms with Crippen molar-refractivity contribution >= 4 is 11.7 Å². The van der Waals surface area contributed by atoms with E-state index in [1.807, 2.05) is 43.6 Å². The summed E-state index contributed by atoms with van der Waals surface area (Å²) >= 11 is 0. The summed E-state index contributed by atoms with van der Waals surface area (Å²) in [5, 5.41) is 4.73. The second-order valence-electron chi connectivity index (χ2n) is 8.30. The average Bonchev–Trinajstić information content (AvgIpc) is 3.30. The molecule has 0 radical (unpaired) electrons. The van der Waals surface area contributed by atoms with Crippen LogP contribution < -0.4 is 14.4 Å². The first-order valence-electron chi connectivity index (χ1n) is 11.0. The van der Waals surface area contributed by atoms with Crippen LogP contribution in [0.2, 0.25) is 0 Å². The third kappa shape index (κ3) is 3.62. The van der Waals surface area contributed by atoms with E-state index in [1.54, 1.807) is 4.52 Å². The van der Waals surface area contributed by atoms with Crippen LogP contribution >= 0.6 is 0 Å². The highest BCUT2D eigenvalue weighted by Gasteiger charge is 2.19. The van der Waals surface area contributed by atoms with Gasteiger partial charge in [-0.05, 0) is 38.2 Å². The summed E-state index contributed by atoms with van der Waals surface area (Å²) in [7, 11) is 2.14. The maximum Gasteiger partial charge on any atom is 0.252 e. The van der Waals surface area contributed by atoms with Gasteiger partial charge in [0, 0.05) is 49.7 Å². The van der Waals surface area contributed by atoms with Gasteiger partial charge in [-0.15, -0.1) is 5.10 Å². The lowest BCUT2D eigenvalue weighted by Gasteiger charge is -2.32. The van der Waals surface area contributed by atoms with E-state index >= 15 is 0 Å². The van der Waals surface area contributed by atoms with Crippen molar-refractivity contribution in [1.82, 2.24) is 34.4 Å². The van der Waals surface area contributed by atoms with Crippen molar-refractivity contribution in [3.05, 3.63) is 42.4 Å². The molecule has 0 spiro atoms. The van der Waals surface area contributed by atoms with Crippen LogP contribution in [0.4, 0.5) is 5.95 Å². The lowest BCUT2D eigenvalue weighted by atomic mass is 10.2. The predicted molar refractivity (Wildman–Crippen MR) is 123 cm³/mol. The molecule has 5 heterocycles. The molecule has 0 aliphatic carbocycles. The van der Waals surface area contributed by atoms with E-state index in [1.165, 1.54) is 0 Å². The smallest absolute Gasteiger partial charge is 0.252 e. The van der Waals surface area contributed by atoms with E-state index in [9.17, 15) is 0 Å². The quantitative estimate of drug-likeness (QED) is 0.471. The molecule has 4 aromatic rings. The number of rotatable bonds is 3. The van der Waals surface area contributed by atoms with Crippen LogP contribution in [0, 0.1) is 6.92 Å². The van der Waals surface area contributed by atoms with Gasteiger partial charge in [-0.25, -0.2) is 19.5 Å². The molecule has 2 aliphatic rings. The Labute approximate surface area is 190 Å². The van der Waals surface area contributed by atoms with Crippen molar-refractivity contribution in [1.29, 1.82) is 0 Å². The van der Waals surface area contributed by atoms with E-state index in [0.717, 1.165) is 60.4 Å². The number of likely N-dealkylation sites (N-methyl/N-ethyl adjacent to an activating group) is 1. The fourth-order valence-electron chi connectivity index (χ4n) is 4.16.